The van der Waals surface area contributed by atoms with E-state index < -0.39 is 0 Å². The van der Waals surface area contributed by atoms with Crippen LogP contribution in [0.4, 0.5) is 0 Å². The fourth-order valence-corrected chi connectivity index (χ4v) is 3.20. The molecule has 0 aromatic heterocycles. The molecule has 120 valence electrons. The zero-order chi connectivity index (χ0) is 16.2. The van der Waals surface area contributed by atoms with Gasteiger partial charge in [0.2, 0.25) is 0 Å². The van der Waals surface area contributed by atoms with Gasteiger partial charge in [-0.15, -0.1) is 0 Å². The van der Waals surface area contributed by atoms with Gasteiger partial charge in [-0.1, -0.05) is 67.5 Å². The van der Waals surface area contributed by atoms with Gasteiger partial charge in [0, 0.05) is 5.92 Å². The molecule has 1 aromatic carbocycles. The molecular weight excluding hydrogens is 268 g/mol. The van der Waals surface area contributed by atoms with Crippen molar-refractivity contribution in [1.82, 2.24) is 0 Å². The summed E-state index contributed by atoms with van der Waals surface area (Å²) < 4.78 is 6.28. The van der Waals surface area contributed by atoms with E-state index in [0.29, 0.717) is 5.92 Å². The van der Waals surface area contributed by atoms with Crippen LogP contribution in [0.25, 0.3) is 0 Å². The Labute approximate surface area is 136 Å². The highest BCUT2D eigenvalue weighted by atomic mass is 16.5. The summed E-state index contributed by atoms with van der Waals surface area (Å²) >= 11 is 0. The lowest BCUT2D eigenvalue weighted by Gasteiger charge is -2.41. The van der Waals surface area contributed by atoms with E-state index in [1.807, 2.05) is 0 Å². The van der Waals surface area contributed by atoms with E-state index in [1.54, 1.807) is 0 Å². The zero-order valence-corrected chi connectivity index (χ0v) is 14.7. The van der Waals surface area contributed by atoms with Crippen LogP contribution in [0.1, 0.15) is 59.1 Å². The van der Waals surface area contributed by atoms with Gasteiger partial charge in [-0.2, -0.15) is 0 Å². The van der Waals surface area contributed by atoms with Gasteiger partial charge in [0.05, 0.1) is 12.7 Å². The number of hydrogen-bond donors (Lipinski definition) is 0. The molecule has 0 amide bonds. The van der Waals surface area contributed by atoms with Crippen LogP contribution in [-0.2, 0) is 4.74 Å². The molecule has 1 fully saturated rings. The van der Waals surface area contributed by atoms with Crippen LogP contribution in [0.2, 0.25) is 0 Å². The minimum Gasteiger partial charge on any atom is -0.372 e. The molecule has 2 unspecified atom stereocenters. The summed E-state index contributed by atoms with van der Waals surface area (Å²) in [5, 5.41) is 0. The molecule has 0 saturated carbocycles. The molecule has 1 saturated heterocycles. The van der Waals surface area contributed by atoms with E-state index in [2.05, 4.69) is 77.1 Å². The lowest BCUT2D eigenvalue weighted by atomic mass is 9.74. The van der Waals surface area contributed by atoms with Gasteiger partial charge >= 0.3 is 0 Å². The van der Waals surface area contributed by atoms with Crippen molar-refractivity contribution in [3.8, 4) is 0 Å². The second-order valence-corrected chi connectivity index (χ2v) is 7.58. The van der Waals surface area contributed by atoms with Crippen molar-refractivity contribution in [2.75, 3.05) is 6.61 Å². The second-order valence-electron chi connectivity index (χ2n) is 7.58. The third kappa shape index (κ3) is 4.58. The molecule has 1 aromatic rings. The van der Waals surface area contributed by atoms with Gasteiger partial charge in [-0.05, 0) is 44.6 Å². The van der Waals surface area contributed by atoms with Crippen LogP contribution in [0.15, 0.2) is 53.6 Å². The van der Waals surface area contributed by atoms with E-state index in [4.69, 9.17) is 4.74 Å². The van der Waals surface area contributed by atoms with Crippen LogP contribution in [-0.4, -0.2) is 6.61 Å². The number of hydrogen-bond acceptors (Lipinski definition) is 1. The van der Waals surface area contributed by atoms with Gasteiger partial charge in [-0.25, -0.2) is 0 Å². The standard InChI is InChI=1S/C21H30O/c1-16(2)10-9-11-17(3)19-14-21(4,5)15-22-20(19)18-12-7-6-8-13-18/h6-8,10-13,19-20H,9,14-15H2,1-5H3/b17-11+. The maximum atomic E-state index is 6.28. The van der Waals surface area contributed by atoms with Crippen molar-refractivity contribution in [3.05, 3.63) is 59.2 Å². The Balaban J connectivity index is 2.23. The van der Waals surface area contributed by atoms with Gasteiger partial charge in [0.1, 0.15) is 0 Å². The van der Waals surface area contributed by atoms with Crippen LogP contribution < -0.4 is 0 Å². The smallest absolute Gasteiger partial charge is 0.0890 e. The first-order valence-electron chi connectivity index (χ1n) is 8.35. The first-order chi connectivity index (χ1) is 10.4. The molecular formula is C21H30O. The van der Waals surface area contributed by atoms with Crippen molar-refractivity contribution in [2.45, 2.75) is 53.6 Å². The summed E-state index contributed by atoms with van der Waals surface area (Å²) in [6, 6.07) is 10.7. The predicted octanol–water partition coefficient (Wildman–Crippen LogP) is 6.09. The van der Waals surface area contributed by atoms with E-state index >= 15 is 0 Å². The summed E-state index contributed by atoms with van der Waals surface area (Å²) in [5.74, 6) is 0.469. The Morgan fingerprint density at radius 1 is 1.14 bits per heavy atom. The first kappa shape index (κ1) is 17.0. The normalized spacial score (nSPS) is 24.9. The van der Waals surface area contributed by atoms with Gasteiger partial charge in [0.15, 0.2) is 0 Å². The summed E-state index contributed by atoms with van der Waals surface area (Å²) in [4.78, 5) is 0. The molecule has 1 heteroatoms. The molecule has 1 heterocycles. The maximum absolute atomic E-state index is 6.28. The molecule has 0 bridgehead atoms. The van der Waals surface area contributed by atoms with E-state index in [0.717, 1.165) is 13.0 Å². The highest BCUT2D eigenvalue weighted by Gasteiger charge is 2.37. The highest BCUT2D eigenvalue weighted by molar-refractivity contribution is 5.23. The predicted molar refractivity (Wildman–Crippen MR) is 94.8 cm³/mol. The van der Waals surface area contributed by atoms with Gasteiger partial charge < -0.3 is 4.74 Å². The van der Waals surface area contributed by atoms with Crippen molar-refractivity contribution < 1.29 is 4.74 Å². The van der Waals surface area contributed by atoms with E-state index in [9.17, 15) is 0 Å². The highest BCUT2D eigenvalue weighted by Crippen LogP contribution is 2.44. The van der Waals surface area contributed by atoms with E-state index in [-0.39, 0.29) is 11.5 Å². The monoisotopic (exact) mass is 298 g/mol. The Bertz CT molecular complexity index is 532. The average molecular weight is 298 g/mol. The summed E-state index contributed by atoms with van der Waals surface area (Å²) in [6.45, 7) is 12.0. The molecule has 1 aliphatic heterocycles. The Kier molecular flexibility index (Phi) is 5.63. The molecule has 2 atom stereocenters. The van der Waals surface area contributed by atoms with Crippen molar-refractivity contribution in [3.63, 3.8) is 0 Å². The number of benzene rings is 1. The third-order valence-electron chi connectivity index (χ3n) is 4.47. The Morgan fingerprint density at radius 2 is 1.82 bits per heavy atom. The summed E-state index contributed by atoms with van der Waals surface area (Å²) in [5.41, 5.74) is 4.39. The quantitative estimate of drug-likeness (QED) is 0.611. The minimum atomic E-state index is 0.192. The number of allylic oxidation sites excluding steroid dienone is 3. The van der Waals surface area contributed by atoms with Crippen molar-refractivity contribution in [2.24, 2.45) is 11.3 Å². The fraction of sp³-hybridized carbons (Fsp3) is 0.524. The molecule has 0 radical (unpaired) electrons. The lowest BCUT2D eigenvalue weighted by molar-refractivity contribution is -0.0782. The molecule has 0 aliphatic carbocycles. The molecule has 22 heavy (non-hydrogen) atoms. The Hall–Kier alpha value is -1.34. The average Bonchev–Trinajstić information content (AvgIpc) is 2.46. The van der Waals surface area contributed by atoms with Crippen LogP contribution in [0.5, 0.6) is 0 Å². The summed E-state index contributed by atoms with van der Waals surface area (Å²) in [7, 11) is 0. The van der Waals surface area contributed by atoms with Gasteiger partial charge in [-0.3, -0.25) is 0 Å². The zero-order valence-electron chi connectivity index (χ0n) is 14.7. The lowest BCUT2D eigenvalue weighted by Crippen LogP contribution is -2.35. The SMILES string of the molecule is CC(C)=CC/C=C(\C)C1CC(C)(C)COC1c1ccccc1. The van der Waals surface area contributed by atoms with Crippen molar-refractivity contribution >= 4 is 0 Å². The third-order valence-corrected chi connectivity index (χ3v) is 4.47. The number of ether oxygens (including phenoxy) is 1. The Morgan fingerprint density at radius 3 is 2.45 bits per heavy atom. The molecule has 0 spiro atoms. The van der Waals surface area contributed by atoms with Gasteiger partial charge in [0.25, 0.3) is 0 Å². The van der Waals surface area contributed by atoms with Crippen molar-refractivity contribution in [1.29, 1.82) is 0 Å². The first-order valence-corrected chi connectivity index (χ1v) is 8.35. The minimum absolute atomic E-state index is 0.192. The van der Waals surface area contributed by atoms with Crippen LogP contribution in [0.3, 0.4) is 0 Å². The van der Waals surface area contributed by atoms with Crippen LogP contribution in [0, 0.1) is 11.3 Å². The molecule has 0 N–H and O–H groups in total. The van der Waals surface area contributed by atoms with Crippen LogP contribution >= 0.6 is 0 Å². The number of rotatable bonds is 4. The topological polar surface area (TPSA) is 9.23 Å². The summed E-state index contributed by atoms with van der Waals surface area (Å²) in [6.07, 6.45) is 7.06. The molecule has 2 rings (SSSR count). The second kappa shape index (κ2) is 7.28. The molecule has 1 aliphatic rings. The van der Waals surface area contributed by atoms with E-state index in [1.165, 1.54) is 23.1 Å². The maximum Gasteiger partial charge on any atom is 0.0890 e. The molecule has 1 nitrogen and oxygen atoms in total. The fourth-order valence-electron chi connectivity index (χ4n) is 3.20. The largest absolute Gasteiger partial charge is 0.372 e.